The van der Waals surface area contributed by atoms with Gasteiger partial charge in [-0.3, -0.25) is 9.59 Å². The first-order valence-electron chi connectivity index (χ1n) is 9.34. The number of carbonyl (C=O) groups excluding carboxylic acids is 2. The second kappa shape index (κ2) is 7.87. The summed E-state index contributed by atoms with van der Waals surface area (Å²) in [4.78, 5) is 26.7. The molecule has 0 radical (unpaired) electrons. The number of nitrogens with zero attached hydrogens (tertiary/aromatic N) is 2. The van der Waals surface area contributed by atoms with E-state index in [1.54, 1.807) is 31.3 Å². The molecule has 6 nitrogen and oxygen atoms in total. The summed E-state index contributed by atoms with van der Waals surface area (Å²) in [5.74, 6) is -0.418. The lowest BCUT2D eigenvalue weighted by molar-refractivity contribution is -0.120. The molecule has 1 aliphatic rings. The Morgan fingerprint density at radius 1 is 1.21 bits per heavy atom. The van der Waals surface area contributed by atoms with Gasteiger partial charge < -0.3 is 14.7 Å². The van der Waals surface area contributed by atoms with Gasteiger partial charge in [0.1, 0.15) is 18.0 Å². The zero-order chi connectivity index (χ0) is 20.4. The second-order valence-electron chi connectivity index (χ2n) is 7.03. The van der Waals surface area contributed by atoms with Crippen LogP contribution >= 0.6 is 0 Å². The number of rotatable bonds is 4. The smallest absolute Gasteiger partial charge is 0.274 e. The minimum Gasteiger partial charge on any atom is -0.360 e. The summed E-state index contributed by atoms with van der Waals surface area (Å²) >= 11 is 0. The Bertz CT molecular complexity index is 1030. The Kier molecular flexibility index (Phi) is 5.12. The van der Waals surface area contributed by atoms with E-state index >= 15 is 0 Å². The largest absolute Gasteiger partial charge is 0.360 e. The Morgan fingerprint density at radius 2 is 1.93 bits per heavy atom. The van der Waals surface area contributed by atoms with Gasteiger partial charge in [0, 0.05) is 37.2 Å². The third-order valence-corrected chi connectivity index (χ3v) is 5.02. The fourth-order valence-corrected chi connectivity index (χ4v) is 3.50. The standard InChI is InChI=1S/C22H20FN3O3/c1-26-20-10-6-5-9-16(20)17(23)13-19(22(26)28)24-21(27)18-12-15(29-25-18)11-14-7-3-2-4-8-14/h2-10,12,17,19H,11,13H2,1H3,(H,24,27)/t17-,19-/m0/s1. The first kappa shape index (κ1) is 18.9. The normalized spacial score (nSPS) is 18.8. The summed E-state index contributed by atoms with van der Waals surface area (Å²) in [6.45, 7) is 0. The highest BCUT2D eigenvalue weighted by Crippen LogP contribution is 2.35. The van der Waals surface area contributed by atoms with Crippen LogP contribution < -0.4 is 10.2 Å². The van der Waals surface area contributed by atoms with E-state index in [0.717, 1.165) is 5.56 Å². The summed E-state index contributed by atoms with van der Waals surface area (Å²) in [5.41, 5.74) is 2.03. The number of alkyl halides is 1. The van der Waals surface area contributed by atoms with Crippen LogP contribution in [0.5, 0.6) is 0 Å². The molecule has 1 aromatic heterocycles. The van der Waals surface area contributed by atoms with Gasteiger partial charge in [0.05, 0.1) is 0 Å². The van der Waals surface area contributed by atoms with Crippen LogP contribution in [-0.4, -0.2) is 30.1 Å². The Balaban J connectivity index is 1.48. The molecule has 1 aliphatic heterocycles. The number of aromatic nitrogens is 1. The lowest BCUT2D eigenvalue weighted by Gasteiger charge is -2.21. The molecule has 4 rings (SSSR count). The summed E-state index contributed by atoms with van der Waals surface area (Å²) < 4.78 is 20.0. The van der Waals surface area contributed by atoms with Crippen molar-refractivity contribution in [2.24, 2.45) is 0 Å². The molecule has 3 aromatic rings. The van der Waals surface area contributed by atoms with E-state index in [0.29, 0.717) is 23.4 Å². The number of halogens is 1. The highest BCUT2D eigenvalue weighted by molar-refractivity contribution is 6.02. The van der Waals surface area contributed by atoms with Gasteiger partial charge in [0.25, 0.3) is 5.91 Å². The molecule has 2 amide bonds. The highest BCUT2D eigenvalue weighted by atomic mass is 19.1. The van der Waals surface area contributed by atoms with Gasteiger partial charge in [-0.25, -0.2) is 4.39 Å². The van der Waals surface area contributed by atoms with Crippen molar-refractivity contribution in [1.82, 2.24) is 10.5 Å². The molecule has 0 bridgehead atoms. The van der Waals surface area contributed by atoms with E-state index in [-0.39, 0.29) is 18.0 Å². The maximum atomic E-state index is 14.8. The van der Waals surface area contributed by atoms with Crippen molar-refractivity contribution in [3.8, 4) is 0 Å². The third-order valence-electron chi connectivity index (χ3n) is 5.02. The molecular formula is C22H20FN3O3. The molecule has 0 spiro atoms. The second-order valence-corrected chi connectivity index (χ2v) is 7.03. The van der Waals surface area contributed by atoms with Gasteiger partial charge in [-0.2, -0.15) is 0 Å². The average Bonchev–Trinajstić information content (AvgIpc) is 3.18. The summed E-state index contributed by atoms with van der Waals surface area (Å²) in [6, 6.07) is 17.0. The SMILES string of the molecule is CN1C(=O)[C@@H](NC(=O)c2cc(Cc3ccccc3)on2)C[C@H](F)c2ccccc21. The lowest BCUT2D eigenvalue weighted by Crippen LogP contribution is -2.47. The number of nitrogens with one attached hydrogen (secondary N) is 1. The number of fused-ring (bicyclic) bond motifs is 1. The van der Waals surface area contributed by atoms with Crippen molar-refractivity contribution in [3.05, 3.63) is 83.2 Å². The van der Waals surface area contributed by atoms with E-state index in [2.05, 4.69) is 10.5 Å². The molecule has 2 atom stereocenters. The van der Waals surface area contributed by atoms with Crippen molar-refractivity contribution in [1.29, 1.82) is 0 Å². The molecule has 0 saturated carbocycles. The number of hydrogen-bond acceptors (Lipinski definition) is 4. The molecule has 29 heavy (non-hydrogen) atoms. The van der Waals surface area contributed by atoms with Crippen LogP contribution in [0.25, 0.3) is 0 Å². The van der Waals surface area contributed by atoms with Crippen LogP contribution in [0.4, 0.5) is 10.1 Å². The molecule has 0 fully saturated rings. The van der Waals surface area contributed by atoms with Crippen molar-refractivity contribution in [2.75, 3.05) is 11.9 Å². The van der Waals surface area contributed by atoms with Gasteiger partial charge in [-0.15, -0.1) is 0 Å². The summed E-state index contributed by atoms with van der Waals surface area (Å²) in [6.07, 6.45) is -1.01. The summed E-state index contributed by atoms with van der Waals surface area (Å²) in [5, 5.41) is 6.40. The average molecular weight is 393 g/mol. The molecule has 0 unspecified atom stereocenters. The minimum absolute atomic E-state index is 0.0588. The van der Waals surface area contributed by atoms with Gasteiger partial charge in [-0.05, 0) is 11.6 Å². The number of para-hydroxylation sites is 1. The monoisotopic (exact) mass is 393 g/mol. The van der Waals surface area contributed by atoms with Gasteiger partial charge in [0.2, 0.25) is 5.91 Å². The Labute approximate surface area is 167 Å². The van der Waals surface area contributed by atoms with Crippen LogP contribution in [0, 0.1) is 0 Å². The maximum absolute atomic E-state index is 14.8. The van der Waals surface area contributed by atoms with Crippen LogP contribution in [0.2, 0.25) is 0 Å². The van der Waals surface area contributed by atoms with Crippen LogP contribution in [-0.2, 0) is 11.2 Å². The fraction of sp³-hybridized carbons (Fsp3) is 0.227. The van der Waals surface area contributed by atoms with Crippen LogP contribution in [0.1, 0.15) is 40.0 Å². The number of anilines is 1. The van der Waals surface area contributed by atoms with Crippen molar-refractivity contribution < 1.29 is 18.5 Å². The van der Waals surface area contributed by atoms with Gasteiger partial charge >= 0.3 is 0 Å². The van der Waals surface area contributed by atoms with Gasteiger partial charge in [-0.1, -0.05) is 53.7 Å². The molecule has 0 aliphatic carbocycles. The lowest BCUT2D eigenvalue weighted by atomic mass is 10.0. The molecule has 2 aromatic carbocycles. The molecule has 2 heterocycles. The maximum Gasteiger partial charge on any atom is 0.274 e. The number of benzene rings is 2. The van der Waals surface area contributed by atoms with E-state index in [1.165, 1.54) is 11.0 Å². The van der Waals surface area contributed by atoms with E-state index in [9.17, 15) is 14.0 Å². The van der Waals surface area contributed by atoms with Crippen LogP contribution in [0.15, 0.2) is 65.2 Å². The predicted octanol–water partition coefficient (Wildman–Crippen LogP) is 3.44. The fourth-order valence-electron chi connectivity index (χ4n) is 3.50. The van der Waals surface area contributed by atoms with Gasteiger partial charge in [0.15, 0.2) is 5.69 Å². The van der Waals surface area contributed by atoms with Crippen molar-refractivity contribution in [3.63, 3.8) is 0 Å². The number of carbonyl (C=O) groups is 2. The number of likely N-dealkylation sites (N-methyl/N-ethyl adjacent to an activating group) is 1. The zero-order valence-corrected chi connectivity index (χ0v) is 15.8. The van der Waals surface area contributed by atoms with E-state index in [4.69, 9.17) is 4.52 Å². The van der Waals surface area contributed by atoms with Crippen molar-refractivity contribution >= 4 is 17.5 Å². The first-order valence-corrected chi connectivity index (χ1v) is 9.34. The van der Waals surface area contributed by atoms with E-state index < -0.39 is 18.1 Å². The molecule has 1 N–H and O–H groups in total. The highest BCUT2D eigenvalue weighted by Gasteiger charge is 2.34. The molecular weight excluding hydrogens is 373 g/mol. The summed E-state index contributed by atoms with van der Waals surface area (Å²) in [7, 11) is 1.58. The first-order chi connectivity index (χ1) is 14.0. The quantitative estimate of drug-likeness (QED) is 0.737. The number of hydrogen-bond donors (Lipinski definition) is 1. The zero-order valence-electron chi connectivity index (χ0n) is 15.8. The third kappa shape index (κ3) is 3.89. The minimum atomic E-state index is -1.36. The molecule has 0 saturated heterocycles. The topological polar surface area (TPSA) is 75.4 Å². The van der Waals surface area contributed by atoms with E-state index in [1.807, 2.05) is 30.3 Å². The molecule has 148 valence electrons. The Hall–Kier alpha value is -3.48. The van der Waals surface area contributed by atoms with Crippen molar-refractivity contribution in [2.45, 2.75) is 25.1 Å². The number of amides is 2. The Morgan fingerprint density at radius 3 is 2.72 bits per heavy atom. The molecule has 7 heteroatoms. The van der Waals surface area contributed by atoms with Crippen LogP contribution in [0.3, 0.4) is 0 Å². The predicted molar refractivity (Wildman–Crippen MR) is 105 cm³/mol.